The molecule has 1 spiro atoms. The molecule has 1 unspecified atom stereocenters. The van der Waals surface area contributed by atoms with E-state index >= 15 is 0 Å². The fraction of sp³-hybridized carbons (Fsp3) is 0.514. The SMILES string of the molecule is CNC(=O)C(=O)[C@H](CC1CC1)NC(=O)[C@@H]1C[C@]2(CC(c3cccc(Cl)c3)=NO2)CN1C(=O)[C@@H](NC(=O)[C@H]1CC1c1ccccc1F)C(C)(C)C. The molecule has 3 fully saturated rings. The minimum Gasteiger partial charge on any atom is -0.387 e. The van der Waals surface area contributed by atoms with E-state index in [-0.39, 0.29) is 42.9 Å². The van der Waals surface area contributed by atoms with Crippen molar-refractivity contribution in [2.45, 2.75) is 88.9 Å². The zero-order chi connectivity index (χ0) is 36.0. The molecule has 2 aromatic carbocycles. The van der Waals surface area contributed by atoms with Gasteiger partial charge in [0.05, 0.1) is 18.3 Å². The summed E-state index contributed by atoms with van der Waals surface area (Å²) < 4.78 is 14.5. The molecular formula is C37H43ClFN5O6. The van der Waals surface area contributed by atoms with Gasteiger partial charge in [0.2, 0.25) is 23.5 Å². The zero-order valence-electron chi connectivity index (χ0n) is 28.6. The van der Waals surface area contributed by atoms with Gasteiger partial charge in [-0.1, -0.05) is 80.7 Å². The number of halogens is 2. The maximum Gasteiger partial charge on any atom is 0.289 e. The second kappa shape index (κ2) is 13.8. The van der Waals surface area contributed by atoms with Crippen LogP contribution in [0.3, 0.4) is 0 Å². The third-order valence-corrected chi connectivity index (χ3v) is 10.4. The fourth-order valence-electron chi connectivity index (χ4n) is 7.09. The van der Waals surface area contributed by atoms with Gasteiger partial charge in [0.15, 0.2) is 5.60 Å². The lowest BCUT2D eigenvalue weighted by Gasteiger charge is -2.35. The van der Waals surface area contributed by atoms with Crippen LogP contribution in [0.15, 0.2) is 53.7 Å². The molecule has 0 radical (unpaired) electrons. The number of carbonyl (C=O) groups is 5. The molecule has 6 atom stereocenters. The first-order chi connectivity index (χ1) is 23.7. The molecule has 13 heteroatoms. The van der Waals surface area contributed by atoms with E-state index in [0.29, 0.717) is 29.1 Å². The van der Waals surface area contributed by atoms with Crippen molar-refractivity contribution in [2.75, 3.05) is 13.6 Å². The molecule has 2 aromatic rings. The molecule has 2 saturated carbocycles. The molecule has 4 aliphatic rings. The van der Waals surface area contributed by atoms with E-state index < -0.39 is 58.6 Å². The average molecular weight is 708 g/mol. The molecular weight excluding hydrogens is 665 g/mol. The quantitative estimate of drug-likeness (QED) is 0.303. The van der Waals surface area contributed by atoms with Crippen LogP contribution in [-0.2, 0) is 28.8 Å². The Bertz CT molecular complexity index is 1740. The van der Waals surface area contributed by atoms with Gasteiger partial charge in [-0.2, -0.15) is 0 Å². The molecule has 2 aliphatic heterocycles. The van der Waals surface area contributed by atoms with Crippen molar-refractivity contribution in [1.29, 1.82) is 0 Å². The van der Waals surface area contributed by atoms with Crippen molar-refractivity contribution in [2.24, 2.45) is 22.4 Å². The lowest BCUT2D eigenvalue weighted by molar-refractivity contribution is -0.145. The lowest BCUT2D eigenvalue weighted by atomic mass is 9.85. The van der Waals surface area contributed by atoms with Gasteiger partial charge in [-0.15, -0.1) is 0 Å². The molecule has 4 amide bonds. The average Bonchev–Trinajstić information content (AvgIpc) is 4.00. The van der Waals surface area contributed by atoms with Crippen molar-refractivity contribution in [1.82, 2.24) is 20.9 Å². The van der Waals surface area contributed by atoms with E-state index in [1.165, 1.54) is 18.0 Å². The Labute approximate surface area is 295 Å². The van der Waals surface area contributed by atoms with Crippen molar-refractivity contribution in [3.63, 3.8) is 0 Å². The predicted octanol–water partition coefficient (Wildman–Crippen LogP) is 3.88. The van der Waals surface area contributed by atoms with E-state index in [1.54, 1.807) is 36.4 Å². The number of ketones is 1. The molecule has 3 N–H and O–H groups in total. The second-order valence-electron chi connectivity index (χ2n) is 15.1. The number of carbonyl (C=O) groups excluding carboxylic acids is 5. The van der Waals surface area contributed by atoms with Crippen LogP contribution in [-0.4, -0.2) is 77.3 Å². The van der Waals surface area contributed by atoms with Crippen LogP contribution < -0.4 is 16.0 Å². The van der Waals surface area contributed by atoms with Gasteiger partial charge >= 0.3 is 0 Å². The topological polar surface area (TPSA) is 146 Å². The molecule has 11 nitrogen and oxygen atoms in total. The minimum atomic E-state index is -1.09. The summed E-state index contributed by atoms with van der Waals surface area (Å²) in [6.07, 6.45) is 2.90. The molecule has 6 rings (SSSR count). The number of likely N-dealkylation sites (tertiary alicyclic amines) is 1. The van der Waals surface area contributed by atoms with Crippen LogP contribution in [0.2, 0.25) is 5.02 Å². The number of Topliss-reactive ketones (excluding diaryl/α,β-unsaturated/α-hetero) is 1. The van der Waals surface area contributed by atoms with Gasteiger partial charge in [-0.3, -0.25) is 24.0 Å². The highest BCUT2D eigenvalue weighted by Gasteiger charge is 2.56. The molecule has 50 heavy (non-hydrogen) atoms. The first-order valence-corrected chi connectivity index (χ1v) is 17.5. The summed E-state index contributed by atoms with van der Waals surface area (Å²) in [4.78, 5) is 75.2. The number of amides is 4. The van der Waals surface area contributed by atoms with Gasteiger partial charge in [0, 0.05) is 36.4 Å². The smallest absolute Gasteiger partial charge is 0.289 e. The van der Waals surface area contributed by atoms with Gasteiger partial charge in [0.1, 0.15) is 17.9 Å². The summed E-state index contributed by atoms with van der Waals surface area (Å²) in [5, 5.41) is 12.9. The summed E-state index contributed by atoms with van der Waals surface area (Å²) in [5.74, 6) is -3.99. The summed E-state index contributed by atoms with van der Waals surface area (Å²) in [6, 6.07) is 10.3. The Morgan fingerprint density at radius 3 is 2.46 bits per heavy atom. The lowest BCUT2D eigenvalue weighted by Crippen LogP contribution is -2.59. The highest BCUT2D eigenvalue weighted by atomic mass is 35.5. The molecule has 1 saturated heterocycles. The number of rotatable bonds is 11. The van der Waals surface area contributed by atoms with E-state index in [0.717, 1.165) is 18.4 Å². The Morgan fingerprint density at radius 2 is 1.80 bits per heavy atom. The Balaban J connectivity index is 1.25. The van der Waals surface area contributed by atoms with Gasteiger partial charge < -0.3 is 25.7 Å². The van der Waals surface area contributed by atoms with E-state index in [9.17, 15) is 28.4 Å². The summed E-state index contributed by atoms with van der Waals surface area (Å²) >= 11 is 6.24. The standard InChI is InChI=1S/C37H43ClFN5O6/c1-36(2,3)31(42-32(46)25-16-24(25)23-10-5-6-11-26(23)39)35(49)44-19-37(17-28(43-50-37)21-8-7-9-22(38)15-21)18-29(44)33(47)41-27(14-20-12-13-20)30(45)34(48)40-4/h5-11,15,20,24-25,27,29,31H,12-14,16-19H2,1-4H3,(H,40,48)(H,41,47)(H,42,46)/t24?,25-,27-,29-,31+,37+/m0/s1. The monoisotopic (exact) mass is 707 g/mol. The molecule has 2 heterocycles. The highest BCUT2D eigenvalue weighted by Crippen LogP contribution is 2.49. The number of hydrogen-bond donors (Lipinski definition) is 3. The number of oxime groups is 1. The van der Waals surface area contributed by atoms with Crippen LogP contribution in [0.1, 0.15) is 76.3 Å². The maximum absolute atomic E-state index is 14.6. The second-order valence-corrected chi connectivity index (χ2v) is 15.6. The van der Waals surface area contributed by atoms with Crippen LogP contribution in [0.5, 0.6) is 0 Å². The van der Waals surface area contributed by atoms with Crippen molar-refractivity contribution >= 4 is 46.7 Å². The van der Waals surface area contributed by atoms with E-state index in [4.69, 9.17) is 16.4 Å². The van der Waals surface area contributed by atoms with Crippen LogP contribution in [0.4, 0.5) is 4.39 Å². The largest absolute Gasteiger partial charge is 0.387 e. The summed E-state index contributed by atoms with van der Waals surface area (Å²) in [5.41, 5.74) is -0.0320. The van der Waals surface area contributed by atoms with Crippen molar-refractivity contribution < 1.29 is 33.2 Å². The minimum absolute atomic E-state index is 0.0160. The third kappa shape index (κ3) is 7.55. The Hall–Kier alpha value is -4.32. The predicted molar refractivity (Wildman–Crippen MR) is 184 cm³/mol. The number of likely N-dealkylation sites (N-methyl/N-ethyl adjacent to an activating group) is 1. The summed E-state index contributed by atoms with van der Waals surface area (Å²) in [6.45, 7) is 5.44. The highest BCUT2D eigenvalue weighted by molar-refractivity contribution is 6.38. The molecule has 0 aromatic heterocycles. The first-order valence-electron chi connectivity index (χ1n) is 17.1. The van der Waals surface area contributed by atoms with Gasteiger partial charge in [-0.05, 0) is 53.9 Å². The zero-order valence-corrected chi connectivity index (χ0v) is 29.4. The number of hydrogen-bond acceptors (Lipinski definition) is 7. The molecule has 0 bridgehead atoms. The number of nitrogens with one attached hydrogen (secondary N) is 3. The maximum atomic E-state index is 14.6. The van der Waals surface area contributed by atoms with E-state index in [2.05, 4.69) is 21.1 Å². The van der Waals surface area contributed by atoms with E-state index in [1.807, 2.05) is 26.8 Å². The normalized spacial score (nSPS) is 25.3. The van der Waals surface area contributed by atoms with Crippen molar-refractivity contribution in [3.8, 4) is 0 Å². The van der Waals surface area contributed by atoms with Crippen LogP contribution in [0.25, 0.3) is 0 Å². The van der Waals surface area contributed by atoms with Gasteiger partial charge in [-0.25, -0.2) is 4.39 Å². The third-order valence-electron chi connectivity index (χ3n) is 10.2. The molecule has 266 valence electrons. The van der Waals surface area contributed by atoms with Crippen LogP contribution in [0, 0.1) is 23.1 Å². The Kier molecular flexibility index (Phi) is 9.78. The van der Waals surface area contributed by atoms with Crippen molar-refractivity contribution in [3.05, 3.63) is 70.5 Å². The molecule has 2 aliphatic carbocycles. The fourth-order valence-corrected chi connectivity index (χ4v) is 7.28. The number of nitrogens with zero attached hydrogens (tertiary/aromatic N) is 2. The van der Waals surface area contributed by atoms with Crippen LogP contribution >= 0.6 is 11.6 Å². The summed E-state index contributed by atoms with van der Waals surface area (Å²) in [7, 11) is 1.35. The Morgan fingerprint density at radius 1 is 1.06 bits per heavy atom. The number of benzene rings is 2. The van der Waals surface area contributed by atoms with Gasteiger partial charge in [0.25, 0.3) is 5.91 Å². The first kappa shape index (κ1) is 35.5.